The smallest absolute Gasteiger partial charge is 0.253 e. The summed E-state index contributed by atoms with van der Waals surface area (Å²) in [6, 6.07) is 7.93. The maximum absolute atomic E-state index is 12.7. The third kappa shape index (κ3) is 4.32. The molecule has 1 fully saturated rings. The number of hydrogen-bond donors (Lipinski definition) is 1. The standard InChI is InChI=1S/C18H27N3O2/c1-5-17(22)19-15-8-6-7-14(12-15)18(23)21(4)16-9-10-20(3)13(2)11-16/h6-8,12-13,16H,5,9-11H2,1-4H3,(H,19,22)/t13-,16+/m0/s1. The molecule has 0 aromatic heterocycles. The Kier molecular flexibility index (Phi) is 5.77. The maximum atomic E-state index is 12.7. The molecule has 1 heterocycles. The molecule has 0 aliphatic carbocycles. The van der Waals surface area contributed by atoms with Crippen LogP contribution in [0.5, 0.6) is 0 Å². The van der Waals surface area contributed by atoms with Crippen molar-refractivity contribution < 1.29 is 9.59 Å². The molecule has 1 N–H and O–H groups in total. The minimum atomic E-state index is -0.0490. The quantitative estimate of drug-likeness (QED) is 0.928. The van der Waals surface area contributed by atoms with Gasteiger partial charge in [0, 0.05) is 43.3 Å². The average Bonchev–Trinajstić information content (AvgIpc) is 2.56. The number of nitrogens with zero attached hydrogens (tertiary/aromatic N) is 2. The van der Waals surface area contributed by atoms with Crippen molar-refractivity contribution in [3.8, 4) is 0 Å². The molecule has 23 heavy (non-hydrogen) atoms. The lowest BCUT2D eigenvalue weighted by Crippen LogP contribution is -2.48. The number of piperidine rings is 1. The van der Waals surface area contributed by atoms with Gasteiger partial charge in [-0.3, -0.25) is 9.59 Å². The van der Waals surface area contributed by atoms with Crippen LogP contribution in [0.3, 0.4) is 0 Å². The lowest BCUT2D eigenvalue weighted by molar-refractivity contribution is -0.115. The molecule has 1 aliphatic rings. The highest BCUT2D eigenvalue weighted by Gasteiger charge is 2.28. The van der Waals surface area contributed by atoms with Crippen molar-refractivity contribution in [3.05, 3.63) is 29.8 Å². The van der Waals surface area contributed by atoms with E-state index < -0.39 is 0 Å². The molecule has 0 saturated carbocycles. The predicted molar refractivity (Wildman–Crippen MR) is 92.6 cm³/mol. The molecule has 0 spiro atoms. The molecule has 2 rings (SSSR count). The van der Waals surface area contributed by atoms with Gasteiger partial charge >= 0.3 is 0 Å². The fraction of sp³-hybridized carbons (Fsp3) is 0.556. The van der Waals surface area contributed by atoms with Crippen LogP contribution < -0.4 is 5.32 Å². The average molecular weight is 317 g/mol. The number of benzene rings is 1. The summed E-state index contributed by atoms with van der Waals surface area (Å²) in [7, 11) is 4.00. The largest absolute Gasteiger partial charge is 0.339 e. The van der Waals surface area contributed by atoms with Crippen molar-refractivity contribution in [2.75, 3.05) is 26.0 Å². The normalized spacial score (nSPS) is 21.7. The highest BCUT2D eigenvalue weighted by molar-refractivity contribution is 5.97. The van der Waals surface area contributed by atoms with Crippen LogP contribution in [0.25, 0.3) is 0 Å². The van der Waals surface area contributed by atoms with E-state index in [-0.39, 0.29) is 17.9 Å². The SMILES string of the molecule is CCC(=O)Nc1cccc(C(=O)N(C)[C@@H]2CCN(C)[C@@H](C)C2)c1. The molecule has 1 aliphatic heterocycles. The van der Waals surface area contributed by atoms with Crippen molar-refractivity contribution in [2.45, 2.75) is 45.2 Å². The second-order valence-corrected chi connectivity index (χ2v) is 6.41. The molecule has 5 heteroatoms. The molecule has 1 saturated heterocycles. The van der Waals surface area contributed by atoms with Crippen molar-refractivity contribution in [1.82, 2.24) is 9.80 Å². The molecule has 1 aromatic rings. The number of rotatable bonds is 4. The topological polar surface area (TPSA) is 52.7 Å². The lowest BCUT2D eigenvalue weighted by Gasteiger charge is -2.39. The first-order chi connectivity index (χ1) is 10.9. The summed E-state index contributed by atoms with van der Waals surface area (Å²) < 4.78 is 0. The Morgan fingerprint density at radius 3 is 2.78 bits per heavy atom. The number of carbonyl (C=O) groups excluding carboxylic acids is 2. The Bertz CT molecular complexity index is 573. The first kappa shape index (κ1) is 17.5. The second kappa shape index (κ2) is 7.59. The molecule has 2 atom stereocenters. The van der Waals surface area contributed by atoms with Crippen LogP contribution in [0.15, 0.2) is 24.3 Å². The van der Waals surface area contributed by atoms with Crippen LogP contribution in [0, 0.1) is 0 Å². The van der Waals surface area contributed by atoms with E-state index in [0.717, 1.165) is 19.4 Å². The lowest BCUT2D eigenvalue weighted by atomic mass is 9.97. The van der Waals surface area contributed by atoms with Crippen molar-refractivity contribution in [1.29, 1.82) is 0 Å². The number of amides is 2. The van der Waals surface area contributed by atoms with E-state index in [2.05, 4.69) is 24.2 Å². The Morgan fingerprint density at radius 2 is 2.13 bits per heavy atom. The van der Waals surface area contributed by atoms with E-state index in [1.165, 1.54) is 0 Å². The minimum Gasteiger partial charge on any atom is -0.339 e. The summed E-state index contributed by atoms with van der Waals surface area (Å²) >= 11 is 0. The molecule has 0 unspecified atom stereocenters. The summed E-state index contributed by atoms with van der Waals surface area (Å²) in [6.45, 7) is 5.01. The monoisotopic (exact) mass is 317 g/mol. The van der Waals surface area contributed by atoms with Gasteiger partial charge in [0.05, 0.1) is 0 Å². The third-order valence-corrected chi connectivity index (χ3v) is 4.76. The maximum Gasteiger partial charge on any atom is 0.253 e. The van der Waals surface area contributed by atoms with Crippen LogP contribution in [0.4, 0.5) is 5.69 Å². The molecular weight excluding hydrogens is 290 g/mol. The van der Waals surface area contributed by atoms with Gasteiger partial charge < -0.3 is 15.1 Å². The van der Waals surface area contributed by atoms with Gasteiger partial charge in [-0.1, -0.05) is 13.0 Å². The van der Waals surface area contributed by atoms with Crippen LogP contribution in [0.2, 0.25) is 0 Å². The number of anilines is 1. The summed E-state index contributed by atoms with van der Waals surface area (Å²) in [5.41, 5.74) is 1.29. The van der Waals surface area contributed by atoms with E-state index in [4.69, 9.17) is 0 Å². The minimum absolute atomic E-state index is 0.0133. The summed E-state index contributed by atoms with van der Waals surface area (Å²) in [6.07, 6.45) is 2.41. The molecule has 126 valence electrons. The van der Waals surface area contributed by atoms with E-state index >= 15 is 0 Å². The van der Waals surface area contributed by atoms with Gasteiger partial charge in [0.15, 0.2) is 0 Å². The zero-order chi connectivity index (χ0) is 17.0. The summed E-state index contributed by atoms with van der Waals surface area (Å²) in [5, 5.41) is 2.80. The van der Waals surface area contributed by atoms with Gasteiger partial charge in [-0.15, -0.1) is 0 Å². The molecule has 2 amide bonds. The van der Waals surface area contributed by atoms with Crippen molar-refractivity contribution in [3.63, 3.8) is 0 Å². The first-order valence-corrected chi connectivity index (χ1v) is 8.29. The van der Waals surface area contributed by atoms with Gasteiger partial charge in [-0.25, -0.2) is 0 Å². The Hall–Kier alpha value is -1.88. The first-order valence-electron chi connectivity index (χ1n) is 8.29. The number of nitrogens with one attached hydrogen (secondary N) is 1. The van der Waals surface area contributed by atoms with Gasteiger partial charge in [-0.2, -0.15) is 0 Å². The predicted octanol–water partition coefficient (Wildman–Crippen LogP) is 2.59. The number of carbonyl (C=O) groups is 2. The van der Waals surface area contributed by atoms with E-state index in [0.29, 0.717) is 23.7 Å². The highest BCUT2D eigenvalue weighted by Crippen LogP contribution is 2.22. The zero-order valence-electron chi connectivity index (χ0n) is 14.5. The van der Waals surface area contributed by atoms with E-state index in [1.807, 2.05) is 24.1 Å². The molecule has 0 radical (unpaired) electrons. The molecular formula is C18H27N3O2. The van der Waals surface area contributed by atoms with Crippen LogP contribution in [-0.2, 0) is 4.79 Å². The Morgan fingerprint density at radius 1 is 1.39 bits per heavy atom. The summed E-state index contributed by atoms with van der Waals surface area (Å²) in [4.78, 5) is 28.4. The van der Waals surface area contributed by atoms with Crippen LogP contribution in [-0.4, -0.2) is 54.3 Å². The fourth-order valence-electron chi connectivity index (χ4n) is 2.97. The van der Waals surface area contributed by atoms with Crippen molar-refractivity contribution >= 4 is 17.5 Å². The van der Waals surface area contributed by atoms with Crippen molar-refractivity contribution in [2.24, 2.45) is 0 Å². The van der Waals surface area contributed by atoms with E-state index in [1.54, 1.807) is 19.1 Å². The van der Waals surface area contributed by atoms with E-state index in [9.17, 15) is 9.59 Å². The van der Waals surface area contributed by atoms with Crippen LogP contribution >= 0.6 is 0 Å². The third-order valence-electron chi connectivity index (χ3n) is 4.76. The molecule has 1 aromatic carbocycles. The Labute approximate surface area is 138 Å². The fourth-order valence-corrected chi connectivity index (χ4v) is 2.97. The highest BCUT2D eigenvalue weighted by atomic mass is 16.2. The van der Waals surface area contributed by atoms with Gasteiger partial charge in [0.2, 0.25) is 5.91 Å². The van der Waals surface area contributed by atoms with Gasteiger partial charge in [0.25, 0.3) is 5.91 Å². The summed E-state index contributed by atoms with van der Waals surface area (Å²) in [5.74, 6) is -0.0357. The second-order valence-electron chi connectivity index (χ2n) is 6.41. The van der Waals surface area contributed by atoms with Crippen LogP contribution in [0.1, 0.15) is 43.5 Å². The van der Waals surface area contributed by atoms with Gasteiger partial charge in [0.1, 0.15) is 0 Å². The number of hydrogen-bond acceptors (Lipinski definition) is 3. The molecule has 5 nitrogen and oxygen atoms in total. The zero-order valence-corrected chi connectivity index (χ0v) is 14.5. The Balaban J connectivity index is 2.07. The number of likely N-dealkylation sites (tertiary alicyclic amines) is 1. The van der Waals surface area contributed by atoms with Gasteiger partial charge in [-0.05, 0) is 45.0 Å². The molecule has 0 bridgehead atoms.